The highest BCUT2D eigenvalue weighted by Crippen LogP contribution is 2.22. The van der Waals surface area contributed by atoms with E-state index in [0.29, 0.717) is 6.04 Å². The molecule has 18 heavy (non-hydrogen) atoms. The predicted octanol–water partition coefficient (Wildman–Crippen LogP) is 2.98. The maximum Gasteiger partial charge on any atom is 0.195 e. The van der Waals surface area contributed by atoms with Gasteiger partial charge in [0.25, 0.3) is 0 Å². The van der Waals surface area contributed by atoms with Crippen molar-refractivity contribution in [3.63, 3.8) is 0 Å². The topological polar surface area (TPSA) is 47.3 Å². The van der Waals surface area contributed by atoms with Crippen molar-refractivity contribution in [1.82, 2.24) is 4.98 Å². The molecule has 0 radical (unpaired) electrons. The number of rotatable bonds is 3. The predicted molar refractivity (Wildman–Crippen MR) is 70.9 cm³/mol. The number of hydrogen-bond acceptors (Lipinski definition) is 4. The molecular formula is C14H18N2O2. The van der Waals surface area contributed by atoms with Crippen molar-refractivity contribution in [1.29, 1.82) is 0 Å². The first-order chi connectivity index (χ1) is 8.85. The first kappa shape index (κ1) is 11.5. The minimum absolute atomic E-state index is 0.508. The van der Waals surface area contributed by atoms with Crippen LogP contribution in [0.5, 0.6) is 0 Å². The molecule has 3 rings (SSSR count). The molecule has 1 aliphatic rings. The third-order valence-corrected chi connectivity index (χ3v) is 3.33. The first-order valence-electron chi connectivity index (χ1n) is 6.59. The monoisotopic (exact) mass is 246 g/mol. The van der Waals surface area contributed by atoms with Gasteiger partial charge >= 0.3 is 0 Å². The van der Waals surface area contributed by atoms with E-state index in [0.717, 1.165) is 55.2 Å². The molecule has 4 heteroatoms. The Hall–Kier alpha value is -1.55. The molecule has 0 unspecified atom stereocenters. The van der Waals surface area contributed by atoms with Crippen LogP contribution in [0.4, 0.5) is 5.69 Å². The highest BCUT2D eigenvalue weighted by molar-refractivity contribution is 5.77. The molecule has 1 aromatic heterocycles. The molecule has 2 heterocycles. The van der Waals surface area contributed by atoms with Crippen LogP contribution in [-0.4, -0.2) is 24.2 Å². The highest BCUT2D eigenvalue weighted by atomic mass is 16.5. The van der Waals surface area contributed by atoms with Crippen LogP contribution in [-0.2, 0) is 11.2 Å². The van der Waals surface area contributed by atoms with Crippen LogP contribution in [0.1, 0.15) is 25.7 Å². The van der Waals surface area contributed by atoms with E-state index in [9.17, 15) is 0 Å². The van der Waals surface area contributed by atoms with Crippen molar-refractivity contribution < 1.29 is 9.15 Å². The van der Waals surface area contributed by atoms with Crippen molar-refractivity contribution in [2.45, 2.75) is 32.2 Å². The number of oxazole rings is 1. The molecule has 1 fully saturated rings. The van der Waals surface area contributed by atoms with Crippen molar-refractivity contribution in [3.8, 4) is 0 Å². The van der Waals surface area contributed by atoms with E-state index in [1.807, 2.05) is 13.0 Å². The Morgan fingerprint density at radius 3 is 2.94 bits per heavy atom. The molecule has 96 valence electrons. The van der Waals surface area contributed by atoms with E-state index in [-0.39, 0.29) is 0 Å². The first-order valence-corrected chi connectivity index (χ1v) is 6.59. The lowest BCUT2D eigenvalue weighted by molar-refractivity contribution is 0.0904. The average Bonchev–Trinajstić information content (AvgIpc) is 2.82. The summed E-state index contributed by atoms with van der Waals surface area (Å²) < 4.78 is 11.0. The Morgan fingerprint density at radius 1 is 1.33 bits per heavy atom. The maximum atomic E-state index is 5.60. The number of nitrogens with zero attached hydrogens (tertiary/aromatic N) is 1. The fourth-order valence-corrected chi connectivity index (χ4v) is 2.29. The smallest absolute Gasteiger partial charge is 0.195 e. The second-order valence-corrected chi connectivity index (χ2v) is 4.67. The lowest BCUT2D eigenvalue weighted by Crippen LogP contribution is -2.27. The fourth-order valence-electron chi connectivity index (χ4n) is 2.29. The summed E-state index contributed by atoms with van der Waals surface area (Å²) in [6.07, 6.45) is 2.96. The zero-order valence-electron chi connectivity index (χ0n) is 10.6. The van der Waals surface area contributed by atoms with E-state index in [1.165, 1.54) is 0 Å². The summed E-state index contributed by atoms with van der Waals surface area (Å²) in [5.74, 6) is 0.799. The minimum atomic E-state index is 0.508. The van der Waals surface area contributed by atoms with Crippen LogP contribution in [0.25, 0.3) is 11.1 Å². The fraction of sp³-hybridized carbons (Fsp3) is 0.500. The summed E-state index contributed by atoms with van der Waals surface area (Å²) in [5, 5.41) is 3.54. The summed E-state index contributed by atoms with van der Waals surface area (Å²) in [6, 6.07) is 6.62. The van der Waals surface area contributed by atoms with Crippen LogP contribution in [0, 0.1) is 0 Å². The van der Waals surface area contributed by atoms with Gasteiger partial charge in [-0.05, 0) is 31.0 Å². The number of ether oxygens (including phenoxy) is 1. The van der Waals surface area contributed by atoms with E-state index in [1.54, 1.807) is 0 Å². The zero-order valence-corrected chi connectivity index (χ0v) is 10.6. The second kappa shape index (κ2) is 4.98. The molecule has 4 nitrogen and oxygen atoms in total. The standard InChI is InChI=1S/C14H18N2O2/c1-2-14-16-12-9-11(3-4-13(12)18-14)15-10-5-7-17-8-6-10/h3-4,9-10,15H,2,5-8H2,1H3. The molecule has 0 atom stereocenters. The van der Waals surface area contributed by atoms with Crippen LogP contribution >= 0.6 is 0 Å². The Morgan fingerprint density at radius 2 is 2.17 bits per heavy atom. The maximum absolute atomic E-state index is 5.60. The number of nitrogens with one attached hydrogen (secondary N) is 1. The Balaban J connectivity index is 1.79. The molecule has 2 aromatic rings. The van der Waals surface area contributed by atoms with Gasteiger partial charge in [-0.1, -0.05) is 6.92 Å². The SMILES string of the molecule is CCc1nc2cc(NC3CCOCC3)ccc2o1. The Labute approximate surface area is 106 Å². The summed E-state index contributed by atoms with van der Waals surface area (Å²) in [5.41, 5.74) is 2.92. The quantitative estimate of drug-likeness (QED) is 0.904. The summed E-state index contributed by atoms with van der Waals surface area (Å²) in [4.78, 5) is 4.45. The van der Waals surface area contributed by atoms with Crippen LogP contribution < -0.4 is 5.32 Å². The third-order valence-electron chi connectivity index (χ3n) is 3.33. The van der Waals surface area contributed by atoms with Crippen molar-refractivity contribution in [3.05, 3.63) is 24.1 Å². The van der Waals surface area contributed by atoms with Gasteiger partial charge in [0.1, 0.15) is 5.52 Å². The molecule has 1 saturated heterocycles. The number of aromatic nitrogens is 1. The summed E-state index contributed by atoms with van der Waals surface area (Å²) in [6.45, 7) is 3.75. The normalized spacial score (nSPS) is 17.2. The van der Waals surface area contributed by atoms with Gasteiger partial charge in [0.15, 0.2) is 11.5 Å². The number of fused-ring (bicyclic) bond motifs is 1. The molecule has 1 aliphatic heterocycles. The Bertz CT molecular complexity index is 530. The molecule has 0 bridgehead atoms. The number of aryl methyl sites for hydroxylation is 1. The third kappa shape index (κ3) is 2.34. The zero-order chi connectivity index (χ0) is 12.4. The van der Waals surface area contributed by atoms with E-state index < -0.39 is 0 Å². The van der Waals surface area contributed by atoms with Crippen LogP contribution in [0.3, 0.4) is 0 Å². The summed E-state index contributed by atoms with van der Waals surface area (Å²) in [7, 11) is 0. The van der Waals surface area contributed by atoms with Gasteiger partial charge < -0.3 is 14.5 Å². The minimum Gasteiger partial charge on any atom is -0.441 e. The molecule has 0 aliphatic carbocycles. The van der Waals surface area contributed by atoms with Gasteiger partial charge in [-0.25, -0.2) is 4.98 Å². The largest absolute Gasteiger partial charge is 0.441 e. The van der Waals surface area contributed by atoms with E-state index >= 15 is 0 Å². The number of benzene rings is 1. The van der Waals surface area contributed by atoms with Crippen molar-refractivity contribution in [2.75, 3.05) is 18.5 Å². The summed E-state index contributed by atoms with van der Waals surface area (Å²) >= 11 is 0. The number of hydrogen-bond donors (Lipinski definition) is 1. The lowest BCUT2D eigenvalue weighted by atomic mass is 10.1. The molecular weight excluding hydrogens is 228 g/mol. The average molecular weight is 246 g/mol. The van der Waals surface area contributed by atoms with Crippen LogP contribution in [0.2, 0.25) is 0 Å². The highest BCUT2D eigenvalue weighted by Gasteiger charge is 2.14. The van der Waals surface area contributed by atoms with Crippen molar-refractivity contribution >= 4 is 16.8 Å². The van der Waals surface area contributed by atoms with Gasteiger partial charge in [-0.15, -0.1) is 0 Å². The number of anilines is 1. The van der Waals surface area contributed by atoms with Gasteiger partial charge in [0, 0.05) is 31.4 Å². The van der Waals surface area contributed by atoms with Crippen molar-refractivity contribution in [2.24, 2.45) is 0 Å². The van der Waals surface area contributed by atoms with Gasteiger partial charge in [0.05, 0.1) is 0 Å². The molecule has 1 aromatic carbocycles. The molecule has 0 spiro atoms. The molecule has 0 amide bonds. The van der Waals surface area contributed by atoms with Gasteiger partial charge in [0.2, 0.25) is 0 Å². The molecule has 0 saturated carbocycles. The Kier molecular flexibility index (Phi) is 3.19. The van der Waals surface area contributed by atoms with Crippen LogP contribution in [0.15, 0.2) is 22.6 Å². The van der Waals surface area contributed by atoms with E-state index in [4.69, 9.17) is 9.15 Å². The lowest BCUT2D eigenvalue weighted by Gasteiger charge is -2.24. The van der Waals surface area contributed by atoms with Gasteiger partial charge in [-0.2, -0.15) is 0 Å². The van der Waals surface area contributed by atoms with Gasteiger partial charge in [-0.3, -0.25) is 0 Å². The molecule has 1 N–H and O–H groups in total. The van der Waals surface area contributed by atoms with E-state index in [2.05, 4.69) is 22.4 Å². The second-order valence-electron chi connectivity index (χ2n) is 4.67.